The van der Waals surface area contributed by atoms with E-state index in [-0.39, 0.29) is 58.8 Å². The van der Waals surface area contributed by atoms with E-state index >= 15 is 4.39 Å². The molecule has 0 unspecified atom stereocenters. The van der Waals surface area contributed by atoms with Gasteiger partial charge in [-0.25, -0.2) is 14.2 Å². The number of pyridine rings is 1. The molecular weight excluding hydrogens is 686 g/mol. The van der Waals surface area contributed by atoms with Crippen LogP contribution in [-0.4, -0.2) is 106 Å². The number of piperazine rings is 1. The van der Waals surface area contributed by atoms with Crippen LogP contribution in [0.2, 0.25) is 0 Å². The van der Waals surface area contributed by atoms with Gasteiger partial charge in [0.05, 0.1) is 36.9 Å². The fourth-order valence-corrected chi connectivity index (χ4v) is 8.94. The zero-order valence-corrected chi connectivity index (χ0v) is 29.8. The summed E-state index contributed by atoms with van der Waals surface area (Å²) in [5.41, 5.74) is 2.69. The quantitative estimate of drug-likeness (QED) is 0.262. The molecule has 3 aromatic rings. The highest BCUT2D eigenvalue weighted by Crippen LogP contribution is 2.48. The monoisotopic (exact) mass is 729 g/mol. The molecule has 1 amide bonds. The maximum atomic E-state index is 17.0. The number of halogens is 4. The predicted octanol–water partition coefficient (Wildman–Crippen LogP) is 5.72. The molecule has 280 valence electrons. The van der Waals surface area contributed by atoms with Crippen LogP contribution in [0.15, 0.2) is 12.1 Å². The third-order valence-electron chi connectivity index (χ3n) is 11.0. The lowest BCUT2D eigenvalue weighted by atomic mass is 9.96. The summed E-state index contributed by atoms with van der Waals surface area (Å²) >= 11 is 0. The number of aromatic nitrogens is 3. The minimum Gasteiger partial charge on any atom is -0.472 e. The maximum Gasteiger partial charge on any atom is 0.417 e. The lowest BCUT2D eigenvalue weighted by Gasteiger charge is -2.48. The zero-order valence-electron chi connectivity index (χ0n) is 29.8. The number of nitrogen functional groups attached to an aromatic ring is 1. The van der Waals surface area contributed by atoms with Crippen molar-refractivity contribution in [3.05, 3.63) is 29.1 Å². The second kappa shape index (κ2) is 12.5. The standard InChI is InChI=1S/C36H43F4N7O5/c1-17-12-19(41)13-23(26(17)36(38,39)40)28-27(37)29-25-31(44-33(43-29)50-16-22-7-6-21-15-49-11-10-45(21)22)46-14-20-8-9-24(30(46)18(2)51-32(25)42-28)47(20)34(48)52-35(3,4)5/h12-13,18,20-22,24,30H,6-11,14-16,41H2,1-5H3/t18-,20+,21-,22-,24-,30+/m0/s1. The van der Waals surface area contributed by atoms with Gasteiger partial charge in [0, 0.05) is 36.4 Å². The summed E-state index contributed by atoms with van der Waals surface area (Å²) in [5, 5.41) is 0.122. The number of benzene rings is 1. The summed E-state index contributed by atoms with van der Waals surface area (Å²) in [6.07, 6.45) is -2.76. The Labute approximate surface area is 298 Å². The topological polar surface area (TPSA) is 128 Å². The molecule has 16 heteroatoms. The summed E-state index contributed by atoms with van der Waals surface area (Å²) in [7, 11) is 0. The molecule has 52 heavy (non-hydrogen) atoms. The van der Waals surface area contributed by atoms with Crippen LogP contribution < -0.4 is 20.1 Å². The van der Waals surface area contributed by atoms with Crippen molar-refractivity contribution >= 4 is 28.5 Å². The third-order valence-corrected chi connectivity index (χ3v) is 11.0. The van der Waals surface area contributed by atoms with Gasteiger partial charge in [-0.05, 0) is 78.0 Å². The minimum atomic E-state index is -4.84. The average molecular weight is 730 g/mol. The molecule has 2 N–H and O–H groups in total. The molecule has 7 heterocycles. The highest BCUT2D eigenvalue weighted by Gasteiger charge is 2.54. The number of fused-ring (bicyclic) bond motifs is 6. The number of alkyl halides is 3. The molecule has 4 fully saturated rings. The molecule has 4 saturated heterocycles. The minimum absolute atomic E-state index is 0.0164. The molecule has 0 aliphatic carbocycles. The molecule has 1 aromatic carbocycles. The third kappa shape index (κ3) is 5.91. The zero-order chi connectivity index (χ0) is 36.9. The first kappa shape index (κ1) is 34.9. The number of aryl methyl sites for hydroxylation is 1. The van der Waals surface area contributed by atoms with E-state index in [4.69, 9.17) is 29.7 Å². The first-order valence-corrected chi connectivity index (χ1v) is 17.9. The van der Waals surface area contributed by atoms with Crippen LogP contribution in [0.5, 0.6) is 11.9 Å². The number of anilines is 2. The van der Waals surface area contributed by atoms with Crippen LogP contribution in [0.1, 0.15) is 64.5 Å². The summed E-state index contributed by atoms with van der Waals surface area (Å²) in [5.74, 6) is -0.907. The smallest absolute Gasteiger partial charge is 0.417 e. The van der Waals surface area contributed by atoms with Gasteiger partial charge in [0.15, 0.2) is 5.82 Å². The number of carbonyl (C=O) groups excluding carboxylic acids is 1. The number of rotatable bonds is 4. The molecule has 0 saturated carbocycles. The Morgan fingerprint density at radius 2 is 1.85 bits per heavy atom. The molecule has 5 aliphatic rings. The number of hydrogen-bond donors (Lipinski definition) is 1. The Morgan fingerprint density at radius 3 is 2.60 bits per heavy atom. The molecule has 2 aromatic heterocycles. The molecule has 12 nitrogen and oxygen atoms in total. The fraction of sp³-hybridized carbons (Fsp3) is 0.611. The molecule has 8 rings (SSSR count). The van der Waals surface area contributed by atoms with Crippen molar-refractivity contribution in [2.75, 3.05) is 43.5 Å². The van der Waals surface area contributed by atoms with Crippen molar-refractivity contribution in [1.82, 2.24) is 24.8 Å². The van der Waals surface area contributed by atoms with Gasteiger partial charge >= 0.3 is 18.3 Å². The van der Waals surface area contributed by atoms with Gasteiger partial charge in [-0.15, -0.1) is 0 Å². The van der Waals surface area contributed by atoms with E-state index in [1.54, 1.807) is 4.90 Å². The molecule has 2 bridgehead atoms. The normalized spacial score (nSPS) is 27.2. The van der Waals surface area contributed by atoms with Crippen LogP contribution in [0.25, 0.3) is 22.2 Å². The summed E-state index contributed by atoms with van der Waals surface area (Å²) in [6.45, 7) is 11.1. The van der Waals surface area contributed by atoms with E-state index in [1.807, 2.05) is 32.6 Å². The summed E-state index contributed by atoms with van der Waals surface area (Å²) < 4.78 is 84.9. The van der Waals surface area contributed by atoms with Crippen molar-refractivity contribution in [1.29, 1.82) is 0 Å². The SMILES string of the molecule is Cc1cc(N)cc(-c2nc3c4c(nc(OC[C@@H]5CC[C@H]6COCCN65)nc4c2F)N2C[C@H]4CC[C@@H]([C@H]2[C@H](C)O3)N4C(=O)OC(C)(C)C)c1C(F)(F)F. The van der Waals surface area contributed by atoms with Gasteiger partial charge in [-0.1, -0.05) is 0 Å². The van der Waals surface area contributed by atoms with Crippen LogP contribution in [0, 0.1) is 12.7 Å². The van der Waals surface area contributed by atoms with E-state index in [2.05, 4.69) is 14.9 Å². The van der Waals surface area contributed by atoms with Crippen molar-refractivity contribution in [3.63, 3.8) is 0 Å². The van der Waals surface area contributed by atoms with Crippen molar-refractivity contribution < 1.29 is 41.3 Å². The van der Waals surface area contributed by atoms with E-state index in [0.29, 0.717) is 44.5 Å². The van der Waals surface area contributed by atoms with Gasteiger partial charge < -0.3 is 29.6 Å². The van der Waals surface area contributed by atoms with Gasteiger partial charge in [0.1, 0.15) is 40.7 Å². The number of morpholine rings is 1. The summed E-state index contributed by atoms with van der Waals surface area (Å²) in [6, 6.07) is 1.42. The lowest BCUT2D eigenvalue weighted by molar-refractivity contribution is -0.137. The Balaban J connectivity index is 1.27. The van der Waals surface area contributed by atoms with Crippen molar-refractivity contribution in [2.24, 2.45) is 0 Å². The maximum absolute atomic E-state index is 17.0. The Kier molecular flexibility index (Phi) is 8.36. The molecule has 0 radical (unpaired) electrons. The van der Waals surface area contributed by atoms with Crippen molar-refractivity contribution in [3.8, 4) is 23.1 Å². The highest BCUT2D eigenvalue weighted by molar-refractivity contribution is 5.98. The number of ether oxygens (including phenoxy) is 4. The van der Waals surface area contributed by atoms with Crippen LogP contribution >= 0.6 is 0 Å². The predicted molar refractivity (Wildman–Crippen MR) is 183 cm³/mol. The number of carbonyl (C=O) groups is 1. The fourth-order valence-electron chi connectivity index (χ4n) is 8.94. The summed E-state index contributed by atoms with van der Waals surface area (Å²) in [4.78, 5) is 33.5. The van der Waals surface area contributed by atoms with E-state index < -0.39 is 52.7 Å². The Bertz CT molecular complexity index is 1920. The van der Waals surface area contributed by atoms with Gasteiger partial charge in [-0.2, -0.15) is 23.1 Å². The average Bonchev–Trinajstić information content (AvgIpc) is 3.58. The molecular formula is C36H43F4N7O5. The van der Waals surface area contributed by atoms with E-state index in [1.165, 1.54) is 13.0 Å². The number of nitrogens with two attached hydrogens (primary N) is 1. The number of hydrogen-bond acceptors (Lipinski definition) is 11. The van der Waals surface area contributed by atoms with Crippen LogP contribution in [-0.2, 0) is 15.7 Å². The van der Waals surface area contributed by atoms with Gasteiger partial charge in [0.25, 0.3) is 0 Å². The first-order valence-electron chi connectivity index (χ1n) is 17.9. The number of amides is 1. The van der Waals surface area contributed by atoms with Crippen LogP contribution in [0.3, 0.4) is 0 Å². The lowest BCUT2D eigenvalue weighted by Crippen LogP contribution is -2.65. The molecule has 0 spiro atoms. The Morgan fingerprint density at radius 1 is 1.08 bits per heavy atom. The van der Waals surface area contributed by atoms with Crippen molar-refractivity contribution in [2.45, 2.75) is 108 Å². The second-order valence-corrected chi connectivity index (χ2v) is 15.6. The Hall–Kier alpha value is -4.18. The molecule has 6 atom stereocenters. The van der Waals surface area contributed by atoms with E-state index in [0.717, 1.165) is 25.5 Å². The van der Waals surface area contributed by atoms with Crippen LogP contribution in [0.4, 0.5) is 33.9 Å². The highest BCUT2D eigenvalue weighted by atomic mass is 19.4. The largest absolute Gasteiger partial charge is 0.472 e. The first-order chi connectivity index (χ1) is 24.6. The molecule has 5 aliphatic heterocycles. The van der Waals surface area contributed by atoms with E-state index in [9.17, 15) is 18.0 Å². The van der Waals surface area contributed by atoms with Gasteiger partial charge in [-0.3, -0.25) is 9.80 Å². The second-order valence-electron chi connectivity index (χ2n) is 15.6. The number of nitrogens with zero attached hydrogens (tertiary/aromatic N) is 6. The van der Waals surface area contributed by atoms with Gasteiger partial charge in [0.2, 0.25) is 5.88 Å².